The number of likely N-dealkylation sites (tertiary alicyclic amines) is 1. The van der Waals surface area contributed by atoms with E-state index >= 15 is 4.39 Å². The molecule has 6 nitrogen and oxygen atoms in total. The maximum absolute atomic E-state index is 15.7. The molecule has 0 saturated carbocycles. The number of aromatic amines is 1. The summed E-state index contributed by atoms with van der Waals surface area (Å²) in [5, 5.41) is 9.02. The number of fused-ring (bicyclic) bond motifs is 1. The van der Waals surface area contributed by atoms with Crippen molar-refractivity contribution in [1.82, 2.24) is 19.8 Å². The van der Waals surface area contributed by atoms with Crippen molar-refractivity contribution >= 4 is 5.91 Å². The van der Waals surface area contributed by atoms with Gasteiger partial charge in [-0.25, -0.2) is 9.37 Å². The van der Waals surface area contributed by atoms with Gasteiger partial charge in [-0.2, -0.15) is 5.26 Å². The van der Waals surface area contributed by atoms with Crippen molar-refractivity contribution in [3.05, 3.63) is 75.6 Å². The molecule has 7 heteroatoms. The Morgan fingerprint density at radius 1 is 1.14 bits per heavy atom. The van der Waals surface area contributed by atoms with E-state index in [0.717, 1.165) is 60.7 Å². The van der Waals surface area contributed by atoms with Gasteiger partial charge in [-0.1, -0.05) is 25.1 Å². The number of aryl methyl sites for hydroxylation is 2. The number of benzene rings is 2. The quantitative estimate of drug-likeness (QED) is 0.508. The van der Waals surface area contributed by atoms with E-state index in [2.05, 4.69) is 29.8 Å². The highest BCUT2D eigenvalue weighted by atomic mass is 19.1. The van der Waals surface area contributed by atoms with Gasteiger partial charge < -0.3 is 9.88 Å². The van der Waals surface area contributed by atoms with E-state index in [4.69, 9.17) is 10.2 Å². The van der Waals surface area contributed by atoms with Crippen LogP contribution in [0.25, 0.3) is 11.4 Å². The van der Waals surface area contributed by atoms with Crippen LogP contribution in [0.2, 0.25) is 0 Å². The molecule has 1 aromatic heterocycles. The van der Waals surface area contributed by atoms with Gasteiger partial charge in [0.1, 0.15) is 11.5 Å². The second-order valence-corrected chi connectivity index (χ2v) is 10.5. The number of carbonyl (C=O) groups is 1. The summed E-state index contributed by atoms with van der Waals surface area (Å²) in [5.74, 6) is 0.753. The van der Waals surface area contributed by atoms with Crippen molar-refractivity contribution in [2.75, 3.05) is 26.2 Å². The lowest BCUT2D eigenvalue weighted by Crippen LogP contribution is -2.43. The molecule has 1 amide bonds. The van der Waals surface area contributed by atoms with Crippen molar-refractivity contribution in [3.63, 3.8) is 0 Å². The number of alkyl halides is 1. The van der Waals surface area contributed by atoms with E-state index in [1.165, 1.54) is 5.69 Å². The van der Waals surface area contributed by atoms with Gasteiger partial charge in [-0.05, 0) is 61.7 Å². The van der Waals surface area contributed by atoms with E-state index in [1.54, 1.807) is 29.2 Å². The molecular formula is C30H34FN5O. The van der Waals surface area contributed by atoms with Crippen LogP contribution in [0.15, 0.2) is 36.4 Å². The first-order chi connectivity index (χ1) is 17.8. The Kier molecular flexibility index (Phi) is 6.87. The minimum absolute atomic E-state index is 0.0638. The summed E-state index contributed by atoms with van der Waals surface area (Å²) >= 11 is 0. The number of carbonyl (C=O) groups excluding carboxylic acids is 1. The Balaban J connectivity index is 1.34. The second kappa shape index (κ2) is 10.1. The molecule has 1 N–H and O–H groups in total. The van der Waals surface area contributed by atoms with Gasteiger partial charge in [-0.3, -0.25) is 9.69 Å². The zero-order valence-electron chi connectivity index (χ0n) is 21.9. The summed E-state index contributed by atoms with van der Waals surface area (Å²) in [6.45, 7) is 9.87. The number of nitrogens with zero attached hydrogens (tertiary/aromatic N) is 4. The number of hydrogen-bond donors (Lipinski definition) is 1. The normalized spacial score (nSPS) is 17.3. The van der Waals surface area contributed by atoms with Crippen molar-refractivity contribution in [1.29, 1.82) is 5.26 Å². The molecule has 2 aliphatic rings. The smallest absolute Gasteiger partial charge is 0.254 e. The predicted octanol–water partition coefficient (Wildman–Crippen LogP) is 5.43. The lowest BCUT2D eigenvalue weighted by molar-refractivity contribution is 0.0421. The summed E-state index contributed by atoms with van der Waals surface area (Å²) < 4.78 is 15.7. The molecule has 0 radical (unpaired) electrons. The number of aromatic nitrogens is 2. The van der Waals surface area contributed by atoms with E-state index < -0.39 is 5.67 Å². The largest absolute Gasteiger partial charge is 0.342 e. The third kappa shape index (κ3) is 4.91. The van der Waals surface area contributed by atoms with E-state index in [-0.39, 0.29) is 18.7 Å². The van der Waals surface area contributed by atoms with E-state index in [1.807, 2.05) is 19.1 Å². The maximum Gasteiger partial charge on any atom is 0.254 e. The van der Waals surface area contributed by atoms with Crippen LogP contribution in [0.1, 0.15) is 70.2 Å². The second-order valence-electron chi connectivity index (χ2n) is 10.5. The third-order valence-corrected chi connectivity index (χ3v) is 7.89. The van der Waals surface area contributed by atoms with Gasteiger partial charge in [0.2, 0.25) is 0 Å². The van der Waals surface area contributed by atoms with Crippen LogP contribution in [-0.4, -0.2) is 51.9 Å². The Morgan fingerprint density at radius 2 is 1.86 bits per heavy atom. The van der Waals surface area contributed by atoms with Crippen LogP contribution in [0, 0.1) is 25.2 Å². The van der Waals surface area contributed by atoms with Crippen LogP contribution in [0.5, 0.6) is 0 Å². The van der Waals surface area contributed by atoms with Crippen molar-refractivity contribution in [2.24, 2.45) is 0 Å². The molecule has 0 spiro atoms. The van der Waals surface area contributed by atoms with Gasteiger partial charge in [0.25, 0.3) is 5.91 Å². The molecule has 3 heterocycles. The first-order valence-electron chi connectivity index (χ1n) is 13.2. The summed E-state index contributed by atoms with van der Waals surface area (Å²) in [6.07, 6.45) is 2.56. The Hall–Kier alpha value is -3.50. The summed E-state index contributed by atoms with van der Waals surface area (Å²) in [7, 11) is 0. The SMILES string of the molecule is CCCN1CCc2[nH]c(-c3cc(C(=O)N4CCC(F)(c5ccc(C#N)cc5)CC4)c(C)cc3C)nc2C1. The number of amides is 1. The van der Waals surface area contributed by atoms with Crippen molar-refractivity contribution < 1.29 is 9.18 Å². The number of piperidine rings is 1. The minimum atomic E-state index is -1.49. The highest BCUT2D eigenvalue weighted by Crippen LogP contribution is 2.38. The molecule has 0 bridgehead atoms. The average Bonchev–Trinajstić information content (AvgIpc) is 3.32. The first kappa shape index (κ1) is 25.2. The summed E-state index contributed by atoms with van der Waals surface area (Å²) in [4.78, 5) is 26.2. The molecule has 0 aliphatic carbocycles. The molecule has 0 unspecified atom stereocenters. The van der Waals surface area contributed by atoms with Gasteiger partial charge >= 0.3 is 0 Å². The molecule has 2 aromatic carbocycles. The van der Waals surface area contributed by atoms with Crippen LogP contribution in [0.4, 0.5) is 4.39 Å². The zero-order valence-corrected chi connectivity index (χ0v) is 21.9. The molecule has 1 saturated heterocycles. The number of H-pyrrole nitrogens is 1. The van der Waals surface area contributed by atoms with Crippen LogP contribution >= 0.6 is 0 Å². The molecule has 3 aromatic rings. The molecule has 37 heavy (non-hydrogen) atoms. The van der Waals surface area contributed by atoms with Gasteiger partial charge in [0, 0.05) is 62.3 Å². The molecule has 192 valence electrons. The van der Waals surface area contributed by atoms with E-state index in [0.29, 0.717) is 29.8 Å². The monoisotopic (exact) mass is 499 g/mol. The first-order valence-corrected chi connectivity index (χ1v) is 13.2. The fraction of sp³-hybridized carbons (Fsp3) is 0.433. The number of hydrogen-bond acceptors (Lipinski definition) is 4. The van der Waals surface area contributed by atoms with Crippen LogP contribution < -0.4 is 0 Å². The summed E-state index contributed by atoms with van der Waals surface area (Å²) in [6, 6.07) is 12.8. The number of rotatable bonds is 5. The molecule has 5 rings (SSSR count). The summed E-state index contributed by atoms with van der Waals surface area (Å²) in [5.41, 5.74) is 5.47. The van der Waals surface area contributed by atoms with Crippen molar-refractivity contribution in [3.8, 4) is 17.5 Å². The predicted molar refractivity (Wildman–Crippen MR) is 142 cm³/mol. The number of halogens is 1. The third-order valence-electron chi connectivity index (χ3n) is 7.89. The Bertz CT molecular complexity index is 1350. The maximum atomic E-state index is 15.7. The van der Waals surface area contributed by atoms with Crippen LogP contribution in [0.3, 0.4) is 0 Å². The topological polar surface area (TPSA) is 76.0 Å². The molecule has 0 atom stereocenters. The zero-order chi connectivity index (χ0) is 26.2. The van der Waals surface area contributed by atoms with Gasteiger partial charge in [0.15, 0.2) is 0 Å². The highest BCUT2D eigenvalue weighted by molar-refractivity contribution is 5.97. The van der Waals surface area contributed by atoms with Crippen molar-refractivity contribution in [2.45, 2.75) is 58.7 Å². The lowest BCUT2D eigenvalue weighted by Gasteiger charge is -2.37. The van der Waals surface area contributed by atoms with Crippen LogP contribution in [-0.2, 0) is 18.6 Å². The molecule has 1 fully saturated rings. The fourth-order valence-corrected chi connectivity index (χ4v) is 5.68. The van der Waals surface area contributed by atoms with Gasteiger partial charge in [0.05, 0.1) is 17.3 Å². The Morgan fingerprint density at radius 3 is 2.54 bits per heavy atom. The molecule has 2 aliphatic heterocycles. The number of imidazole rings is 1. The molecular weight excluding hydrogens is 465 g/mol. The Labute approximate surface area is 218 Å². The van der Waals surface area contributed by atoms with Gasteiger partial charge in [-0.15, -0.1) is 0 Å². The highest BCUT2D eigenvalue weighted by Gasteiger charge is 2.38. The minimum Gasteiger partial charge on any atom is -0.342 e. The van der Waals surface area contributed by atoms with E-state index in [9.17, 15) is 4.79 Å². The standard InChI is InChI=1S/C30H34FN5O/c1-4-12-35-13-9-26-27(19-35)34-28(33-26)24-17-25(21(3)16-20(24)2)29(37)36-14-10-30(31,11-15-36)23-7-5-22(18-32)6-8-23/h5-8,16-17H,4,9-15,19H2,1-3H3,(H,33,34). The number of nitriles is 1. The average molecular weight is 500 g/mol. The fourth-order valence-electron chi connectivity index (χ4n) is 5.68. The lowest BCUT2D eigenvalue weighted by atomic mass is 9.85. The number of nitrogens with one attached hydrogen (secondary N) is 1.